The van der Waals surface area contributed by atoms with Crippen LogP contribution in [0.3, 0.4) is 0 Å². The summed E-state index contributed by atoms with van der Waals surface area (Å²) in [5.74, 6) is 0. The molecular weight excluding hydrogens is 218 g/mol. The molecule has 18 heavy (non-hydrogen) atoms. The third kappa shape index (κ3) is 1.31. The lowest BCUT2D eigenvalue weighted by atomic mass is 9.88. The second-order valence-electron chi connectivity index (χ2n) is 5.02. The number of aromatic nitrogens is 1. The number of hydrogen-bond donors (Lipinski definition) is 0. The van der Waals surface area contributed by atoms with Gasteiger partial charge in [0.25, 0.3) is 0 Å². The molecule has 0 fully saturated rings. The molecule has 0 atom stereocenters. The average Bonchev–Trinajstić information content (AvgIpc) is 2.37. The van der Waals surface area contributed by atoms with Crippen LogP contribution < -0.4 is 0 Å². The largest absolute Gasteiger partial charge is 0.247 e. The van der Waals surface area contributed by atoms with Crippen molar-refractivity contribution in [1.82, 2.24) is 4.98 Å². The summed E-state index contributed by atoms with van der Waals surface area (Å²) in [7, 11) is 0. The Bertz CT molecular complexity index is 757. The van der Waals surface area contributed by atoms with Gasteiger partial charge in [-0.2, -0.15) is 0 Å². The van der Waals surface area contributed by atoms with E-state index in [4.69, 9.17) is 4.98 Å². The van der Waals surface area contributed by atoms with E-state index in [0.29, 0.717) is 0 Å². The Balaban J connectivity index is 2.01. The molecule has 0 amide bonds. The molecule has 1 heterocycles. The maximum Gasteiger partial charge on any atom is 0.0738 e. The molecule has 5 rings (SSSR count). The third-order valence-electron chi connectivity index (χ3n) is 3.71. The van der Waals surface area contributed by atoms with Gasteiger partial charge in [-0.3, -0.25) is 0 Å². The van der Waals surface area contributed by atoms with Gasteiger partial charge in [0.15, 0.2) is 0 Å². The van der Waals surface area contributed by atoms with Crippen molar-refractivity contribution in [3.05, 3.63) is 65.2 Å². The monoisotopic (exact) mass is 231 g/mol. The zero-order valence-corrected chi connectivity index (χ0v) is 10.3. The van der Waals surface area contributed by atoms with Crippen LogP contribution >= 0.6 is 0 Å². The number of hydrogen-bond acceptors (Lipinski definition) is 1. The number of aryl methyl sites for hydroxylation is 1. The summed E-state index contributed by atoms with van der Waals surface area (Å²) < 4.78 is 0. The summed E-state index contributed by atoms with van der Waals surface area (Å²) in [4.78, 5) is 4.85. The average molecular weight is 231 g/mol. The van der Waals surface area contributed by atoms with Crippen LogP contribution in [0.4, 0.5) is 0 Å². The van der Waals surface area contributed by atoms with Crippen molar-refractivity contribution in [2.75, 3.05) is 0 Å². The van der Waals surface area contributed by atoms with Gasteiger partial charge in [-0.05, 0) is 42.2 Å². The van der Waals surface area contributed by atoms with E-state index in [9.17, 15) is 0 Å². The quantitative estimate of drug-likeness (QED) is 0.480. The van der Waals surface area contributed by atoms with E-state index >= 15 is 0 Å². The van der Waals surface area contributed by atoms with Crippen molar-refractivity contribution in [2.45, 2.75) is 13.3 Å². The maximum absolute atomic E-state index is 4.85. The molecule has 0 saturated heterocycles. The standard InChI is InChI=1S/C17H13N/c1-11-7-15-14-8-12(9-14)10-16(15)18-17(11)13-5-3-2-4-6-13/h2-8,10H,9H2,1H3. The van der Waals surface area contributed by atoms with Crippen LogP contribution in [0.1, 0.15) is 16.7 Å². The molecule has 2 aliphatic carbocycles. The molecule has 3 aromatic rings. The van der Waals surface area contributed by atoms with E-state index in [-0.39, 0.29) is 0 Å². The molecule has 0 radical (unpaired) electrons. The van der Waals surface area contributed by atoms with Crippen LogP contribution in [0.2, 0.25) is 0 Å². The molecule has 1 nitrogen and oxygen atoms in total. The van der Waals surface area contributed by atoms with E-state index in [1.807, 2.05) is 6.07 Å². The minimum Gasteiger partial charge on any atom is -0.247 e. The van der Waals surface area contributed by atoms with E-state index < -0.39 is 0 Å². The second kappa shape index (κ2) is 3.42. The fraction of sp³-hybridized carbons (Fsp3) is 0.118. The van der Waals surface area contributed by atoms with Crippen LogP contribution in [0, 0.1) is 6.92 Å². The topological polar surface area (TPSA) is 12.9 Å². The SMILES string of the molecule is Cc1cc2c3cc(cc2nc1-c1ccccc1)C3. The molecule has 2 bridgehead atoms. The van der Waals surface area contributed by atoms with Crippen LogP contribution in [-0.2, 0) is 6.42 Å². The molecule has 2 aliphatic rings. The molecule has 0 unspecified atom stereocenters. The first-order chi connectivity index (χ1) is 8.81. The predicted octanol–water partition coefficient (Wildman–Crippen LogP) is 4.11. The number of benzene rings is 2. The number of rotatable bonds is 1. The van der Waals surface area contributed by atoms with Crippen molar-refractivity contribution in [3.8, 4) is 11.3 Å². The van der Waals surface area contributed by atoms with Crippen molar-refractivity contribution in [1.29, 1.82) is 0 Å². The van der Waals surface area contributed by atoms with Gasteiger partial charge in [0.2, 0.25) is 0 Å². The summed E-state index contributed by atoms with van der Waals surface area (Å²) in [5.41, 5.74) is 7.55. The van der Waals surface area contributed by atoms with Crippen molar-refractivity contribution in [3.63, 3.8) is 0 Å². The van der Waals surface area contributed by atoms with Crippen molar-refractivity contribution < 1.29 is 0 Å². The van der Waals surface area contributed by atoms with Gasteiger partial charge in [-0.1, -0.05) is 36.4 Å². The molecule has 0 N–H and O–H groups in total. The van der Waals surface area contributed by atoms with E-state index in [1.165, 1.54) is 27.6 Å². The van der Waals surface area contributed by atoms with E-state index in [1.54, 1.807) is 0 Å². The minimum absolute atomic E-state index is 1.10. The molecule has 2 aromatic carbocycles. The van der Waals surface area contributed by atoms with Crippen molar-refractivity contribution >= 4 is 10.9 Å². The zero-order chi connectivity index (χ0) is 12.1. The summed E-state index contributed by atoms with van der Waals surface area (Å²) in [5, 5.41) is 1.32. The van der Waals surface area contributed by atoms with Crippen LogP contribution in [0.25, 0.3) is 22.2 Å². The summed E-state index contributed by atoms with van der Waals surface area (Å²) in [6, 6.07) is 17.2. The van der Waals surface area contributed by atoms with Crippen molar-refractivity contribution in [2.24, 2.45) is 0 Å². The van der Waals surface area contributed by atoms with Crippen LogP contribution in [0.15, 0.2) is 48.5 Å². The highest BCUT2D eigenvalue weighted by molar-refractivity contribution is 5.89. The molecule has 1 aromatic heterocycles. The summed E-state index contributed by atoms with van der Waals surface area (Å²) >= 11 is 0. The molecule has 86 valence electrons. The summed E-state index contributed by atoms with van der Waals surface area (Å²) in [6.07, 6.45) is 1.12. The van der Waals surface area contributed by atoms with E-state index in [2.05, 4.69) is 49.4 Å². The van der Waals surface area contributed by atoms with Gasteiger partial charge >= 0.3 is 0 Å². The molecule has 0 saturated carbocycles. The molecule has 0 spiro atoms. The van der Waals surface area contributed by atoms with Gasteiger partial charge in [-0.15, -0.1) is 0 Å². The lowest BCUT2D eigenvalue weighted by molar-refractivity contribution is 1.11. The Kier molecular flexibility index (Phi) is 1.87. The van der Waals surface area contributed by atoms with E-state index in [0.717, 1.165) is 17.6 Å². The highest BCUT2D eigenvalue weighted by atomic mass is 14.7. The Morgan fingerprint density at radius 1 is 1.00 bits per heavy atom. The van der Waals surface area contributed by atoms with Gasteiger partial charge in [0.05, 0.1) is 11.2 Å². The Hall–Kier alpha value is -2.15. The first kappa shape index (κ1) is 9.84. The first-order valence-corrected chi connectivity index (χ1v) is 6.30. The van der Waals surface area contributed by atoms with Crippen LogP contribution in [-0.4, -0.2) is 4.98 Å². The zero-order valence-electron chi connectivity index (χ0n) is 10.3. The second-order valence-corrected chi connectivity index (χ2v) is 5.02. The first-order valence-electron chi connectivity index (χ1n) is 6.30. The fourth-order valence-electron chi connectivity index (χ4n) is 2.74. The van der Waals surface area contributed by atoms with Gasteiger partial charge < -0.3 is 0 Å². The lowest BCUT2D eigenvalue weighted by Crippen LogP contribution is -2.03. The lowest BCUT2D eigenvalue weighted by Gasteiger charge is -2.19. The molecule has 0 aliphatic heterocycles. The highest BCUT2D eigenvalue weighted by Crippen LogP contribution is 2.33. The van der Waals surface area contributed by atoms with Gasteiger partial charge in [0.1, 0.15) is 0 Å². The normalized spacial score (nSPS) is 12.5. The fourth-order valence-corrected chi connectivity index (χ4v) is 2.74. The molecule has 1 heteroatoms. The predicted molar refractivity (Wildman–Crippen MR) is 74.7 cm³/mol. The minimum atomic E-state index is 1.10. The smallest absolute Gasteiger partial charge is 0.0738 e. The Morgan fingerprint density at radius 2 is 1.78 bits per heavy atom. The Morgan fingerprint density at radius 3 is 2.56 bits per heavy atom. The third-order valence-corrected chi connectivity index (χ3v) is 3.71. The highest BCUT2D eigenvalue weighted by Gasteiger charge is 2.16. The number of pyridine rings is 1. The van der Waals surface area contributed by atoms with Gasteiger partial charge in [0, 0.05) is 10.9 Å². The maximum atomic E-state index is 4.85. The Labute approximate surface area is 106 Å². The summed E-state index contributed by atoms with van der Waals surface area (Å²) in [6.45, 7) is 2.15. The number of nitrogens with zero attached hydrogens (tertiary/aromatic N) is 1. The van der Waals surface area contributed by atoms with Crippen LogP contribution in [0.5, 0.6) is 0 Å². The van der Waals surface area contributed by atoms with Gasteiger partial charge in [-0.25, -0.2) is 4.98 Å². The molecular formula is C17H13N.